The van der Waals surface area contributed by atoms with E-state index in [2.05, 4.69) is 16.7 Å². The number of nitrogens with two attached hydrogens (primary N) is 1. The van der Waals surface area contributed by atoms with Gasteiger partial charge in [-0.05, 0) is 13.0 Å². The molecule has 4 nitrogen and oxygen atoms in total. The van der Waals surface area contributed by atoms with Crippen LogP contribution in [-0.2, 0) is 4.74 Å². The van der Waals surface area contributed by atoms with Crippen molar-refractivity contribution in [3.63, 3.8) is 0 Å². The smallest absolute Gasteiger partial charge is 0.0477 e. The molecular weight excluding hydrogens is 190 g/mol. The fraction of sp³-hybridized carbons (Fsp3) is 1.00. The minimum absolute atomic E-state index is 0.262. The summed E-state index contributed by atoms with van der Waals surface area (Å²) in [6, 6.07) is 0.262. The van der Waals surface area contributed by atoms with Crippen molar-refractivity contribution in [1.29, 1.82) is 0 Å². The second-order valence-corrected chi connectivity index (χ2v) is 4.28. The monoisotopic (exact) mass is 215 g/mol. The molecule has 4 heteroatoms. The first-order valence-electron chi connectivity index (χ1n) is 5.95. The van der Waals surface area contributed by atoms with Crippen molar-refractivity contribution in [2.24, 2.45) is 5.73 Å². The Hall–Kier alpha value is -0.160. The minimum atomic E-state index is 0.262. The molecule has 1 fully saturated rings. The van der Waals surface area contributed by atoms with Crippen molar-refractivity contribution in [3.05, 3.63) is 0 Å². The molecule has 2 N–H and O–H groups in total. The molecule has 15 heavy (non-hydrogen) atoms. The number of piperazine rings is 1. The summed E-state index contributed by atoms with van der Waals surface area (Å²) in [6.45, 7) is 9.88. The highest BCUT2D eigenvalue weighted by Crippen LogP contribution is 2.02. The largest absolute Gasteiger partial charge is 0.385 e. The second kappa shape index (κ2) is 7.17. The summed E-state index contributed by atoms with van der Waals surface area (Å²) in [6.07, 6.45) is 0.963. The standard InChI is InChI=1S/C11H25N3O/c1-3-13-5-7-14(8-6-13)10-11(12)4-9-15-2/h11H,3-10,12H2,1-2H3. The number of hydrogen-bond donors (Lipinski definition) is 1. The molecule has 0 bridgehead atoms. The van der Waals surface area contributed by atoms with Crippen LogP contribution in [0.3, 0.4) is 0 Å². The number of ether oxygens (including phenoxy) is 1. The van der Waals surface area contributed by atoms with Crippen LogP contribution in [0.25, 0.3) is 0 Å². The van der Waals surface area contributed by atoms with E-state index in [1.807, 2.05) is 0 Å². The van der Waals surface area contributed by atoms with Crippen LogP contribution in [0.5, 0.6) is 0 Å². The van der Waals surface area contributed by atoms with Gasteiger partial charge in [0.15, 0.2) is 0 Å². The normalized spacial score (nSPS) is 21.8. The summed E-state index contributed by atoms with van der Waals surface area (Å²) in [7, 11) is 1.73. The zero-order chi connectivity index (χ0) is 11.1. The van der Waals surface area contributed by atoms with Crippen LogP contribution in [-0.4, -0.2) is 68.8 Å². The van der Waals surface area contributed by atoms with Crippen LogP contribution in [0, 0.1) is 0 Å². The summed E-state index contributed by atoms with van der Waals surface area (Å²) in [5.74, 6) is 0. The van der Waals surface area contributed by atoms with Crippen molar-refractivity contribution >= 4 is 0 Å². The highest BCUT2D eigenvalue weighted by atomic mass is 16.5. The molecule has 1 atom stereocenters. The molecule has 1 heterocycles. The van der Waals surface area contributed by atoms with E-state index in [9.17, 15) is 0 Å². The first-order chi connectivity index (χ1) is 7.26. The van der Waals surface area contributed by atoms with Gasteiger partial charge in [-0.3, -0.25) is 4.90 Å². The number of nitrogens with zero attached hydrogens (tertiary/aromatic N) is 2. The van der Waals surface area contributed by atoms with Crippen molar-refractivity contribution in [2.45, 2.75) is 19.4 Å². The van der Waals surface area contributed by atoms with Gasteiger partial charge in [0.1, 0.15) is 0 Å². The van der Waals surface area contributed by atoms with Crippen LogP contribution >= 0.6 is 0 Å². The molecule has 0 aliphatic carbocycles. The van der Waals surface area contributed by atoms with E-state index in [4.69, 9.17) is 10.5 Å². The maximum atomic E-state index is 6.02. The summed E-state index contributed by atoms with van der Waals surface area (Å²) in [5, 5.41) is 0. The van der Waals surface area contributed by atoms with Gasteiger partial charge >= 0.3 is 0 Å². The van der Waals surface area contributed by atoms with E-state index in [-0.39, 0.29) is 6.04 Å². The van der Waals surface area contributed by atoms with Gasteiger partial charge in [0.05, 0.1) is 0 Å². The molecule has 0 radical (unpaired) electrons. The second-order valence-electron chi connectivity index (χ2n) is 4.28. The molecule has 0 aromatic rings. The summed E-state index contributed by atoms with van der Waals surface area (Å²) < 4.78 is 5.03. The van der Waals surface area contributed by atoms with Crippen LogP contribution in [0.15, 0.2) is 0 Å². The molecule has 0 amide bonds. The van der Waals surface area contributed by atoms with Crippen LogP contribution in [0.1, 0.15) is 13.3 Å². The number of likely N-dealkylation sites (N-methyl/N-ethyl adjacent to an activating group) is 1. The Kier molecular flexibility index (Phi) is 6.17. The zero-order valence-electron chi connectivity index (χ0n) is 10.1. The number of methoxy groups -OCH3 is 1. The molecule has 0 spiro atoms. The molecule has 1 unspecified atom stereocenters. The Morgan fingerprint density at radius 1 is 1.20 bits per heavy atom. The van der Waals surface area contributed by atoms with Gasteiger partial charge in [-0.15, -0.1) is 0 Å². The highest BCUT2D eigenvalue weighted by Gasteiger charge is 2.17. The van der Waals surface area contributed by atoms with Crippen molar-refractivity contribution in [2.75, 3.05) is 53.0 Å². The molecule has 1 saturated heterocycles. The fourth-order valence-corrected chi connectivity index (χ4v) is 1.98. The Morgan fingerprint density at radius 3 is 2.33 bits per heavy atom. The molecule has 0 saturated carbocycles. The van der Waals surface area contributed by atoms with E-state index >= 15 is 0 Å². The van der Waals surface area contributed by atoms with Gasteiger partial charge in [-0.25, -0.2) is 0 Å². The average molecular weight is 215 g/mol. The Morgan fingerprint density at radius 2 is 1.80 bits per heavy atom. The number of hydrogen-bond acceptors (Lipinski definition) is 4. The molecule has 0 aromatic heterocycles. The average Bonchev–Trinajstić information content (AvgIpc) is 2.27. The Labute approximate surface area is 93.4 Å². The zero-order valence-corrected chi connectivity index (χ0v) is 10.1. The van der Waals surface area contributed by atoms with Gasteiger partial charge in [0, 0.05) is 52.5 Å². The Bertz CT molecular complexity index is 158. The van der Waals surface area contributed by atoms with Crippen LogP contribution in [0.2, 0.25) is 0 Å². The maximum Gasteiger partial charge on any atom is 0.0477 e. The van der Waals surface area contributed by atoms with Crippen LogP contribution in [0.4, 0.5) is 0 Å². The molecule has 1 rings (SSSR count). The van der Waals surface area contributed by atoms with E-state index in [0.717, 1.165) is 32.7 Å². The Balaban J connectivity index is 2.12. The first-order valence-corrected chi connectivity index (χ1v) is 5.95. The minimum Gasteiger partial charge on any atom is -0.385 e. The quantitative estimate of drug-likeness (QED) is 0.676. The molecule has 0 aromatic carbocycles. The third-order valence-electron chi connectivity index (χ3n) is 3.10. The summed E-state index contributed by atoms with van der Waals surface area (Å²) >= 11 is 0. The topological polar surface area (TPSA) is 41.7 Å². The predicted octanol–water partition coefficient (Wildman–Crippen LogP) is -0.0123. The molecular formula is C11H25N3O. The van der Waals surface area contributed by atoms with Gasteiger partial charge in [-0.2, -0.15) is 0 Å². The lowest BCUT2D eigenvalue weighted by atomic mass is 10.2. The molecule has 90 valence electrons. The van der Waals surface area contributed by atoms with Gasteiger partial charge in [-0.1, -0.05) is 6.92 Å². The van der Waals surface area contributed by atoms with Crippen molar-refractivity contribution in [3.8, 4) is 0 Å². The molecule has 1 aliphatic heterocycles. The lowest BCUT2D eigenvalue weighted by molar-refractivity contribution is 0.123. The lowest BCUT2D eigenvalue weighted by Gasteiger charge is -2.35. The van der Waals surface area contributed by atoms with Crippen LogP contribution < -0.4 is 5.73 Å². The maximum absolute atomic E-state index is 6.02. The third-order valence-corrected chi connectivity index (χ3v) is 3.10. The first kappa shape index (κ1) is 12.9. The lowest BCUT2D eigenvalue weighted by Crippen LogP contribution is -2.49. The highest BCUT2D eigenvalue weighted by molar-refractivity contribution is 4.75. The fourth-order valence-electron chi connectivity index (χ4n) is 1.98. The van der Waals surface area contributed by atoms with Gasteiger partial charge in [0.25, 0.3) is 0 Å². The van der Waals surface area contributed by atoms with E-state index in [1.165, 1.54) is 19.6 Å². The number of rotatable bonds is 6. The summed E-state index contributed by atoms with van der Waals surface area (Å²) in [5.41, 5.74) is 6.02. The van der Waals surface area contributed by atoms with Gasteiger partial charge in [0.2, 0.25) is 0 Å². The van der Waals surface area contributed by atoms with Gasteiger partial charge < -0.3 is 15.4 Å². The predicted molar refractivity (Wildman–Crippen MR) is 63.0 cm³/mol. The van der Waals surface area contributed by atoms with Crippen molar-refractivity contribution in [1.82, 2.24) is 9.80 Å². The molecule has 1 aliphatic rings. The SMILES string of the molecule is CCN1CCN(CC(N)CCOC)CC1. The summed E-state index contributed by atoms with van der Waals surface area (Å²) in [4.78, 5) is 4.95. The van der Waals surface area contributed by atoms with E-state index in [1.54, 1.807) is 7.11 Å². The van der Waals surface area contributed by atoms with Crippen molar-refractivity contribution < 1.29 is 4.74 Å². The van der Waals surface area contributed by atoms with E-state index < -0.39 is 0 Å². The van der Waals surface area contributed by atoms with E-state index in [0.29, 0.717) is 0 Å². The third kappa shape index (κ3) is 4.93.